The summed E-state index contributed by atoms with van der Waals surface area (Å²) in [6, 6.07) is 13.4. The molecule has 2 rings (SSSR count). The molecular weight excluding hydrogens is 255 g/mol. The Morgan fingerprint density at radius 2 is 1.95 bits per heavy atom. The molecule has 0 aliphatic heterocycles. The molecule has 2 aromatic carbocycles. The van der Waals surface area contributed by atoms with Gasteiger partial charge in [-0.05, 0) is 30.2 Å². The third kappa shape index (κ3) is 3.15. The molecule has 0 saturated carbocycles. The molecule has 0 aliphatic carbocycles. The van der Waals surface area contributed by atoms with E-state index < -0.39 is 11.7 Å². The zero-order chi connectivity index (χ0) is 14.5. The molecule has 2 aromatic rings. The lowest BCUT2D eigenvalue weighted by Gasteiger charge is -2.17. The highest BCUT2D eigenvalue weighted by atomic mass is 19.1. The van der Waals surface area contributed by atoms with Crippen LogP contribution >= 0.6 is 0 Å². The Balaban J connectivity index is 2.20. The molecule has 104 valence electrons. The molecular formula is C16H17FN2O. The van der Waals surface area contributed by atoms with E-state index in [0.29, 0.717) is 5.69 Å². The second kappa shape index (κ2) is 6.19. The maximum Gasteiger partial charge on any atom is 0.254 e. The van der Waals surface area contributed by atoms with Crippen molar-refractivity contribution < 1.29 is 9.18 Å². The van der Waals surface area contributed by atoms with Gasteiger partial charge in [-0.25, -0.2) is 4.39 Å². The van der Waals surface area contributed by atoms with E-state index in [4.69, 9.17) is 5.73 Å². The Bertz CT molecular complexity index is 599. The van der Waals surface area contributed by atoms with Gasteiger partial charge in [-0.15, -0.1) is 0 Å². The highest BCUT2D eigenvalue weighted by Gasteiger charge is 2.17. The Morgan fingerprint density at radius 1 is 1.25 bits per heavy atom. The SMILES string of the molecule is CCC(NC(=O)c1cc(N)ccc1F)c1ccccc1. The summed E-state index contributed by atoms with van der Waals surface area (Å²) in [6.45, 7) is 1.97. The van der Waals surface area contributed by atoms with Crippen molar-refractivity contribution in [2.45, 2.75) is 19.4 Å². The minimum Gasteiger partial charge on any atom is -0.399 e. The number of anilines is 1. The molecule has 0 heterocycles. The number of nitrogens with two attached hydrogens (primary N) is 1. The number of amides is 1. The van der Waals surface area contributed by atoms with Crippen LogP contribution in [0.2, 0.25) is 0 Å². The highest BCUT2D eigenvalue weighted by Crippen LogP contribution is 2.18. The predicted molar refractivity (Wildman–Crippen MR) is 77.8 cm³/mol. The standard InChI is InChI=1S/C16H17FN2O/c1-2-15(11-6-4-3-5-7-11)19-16(20)13-10-12(18)8-9-14(13)17/h3-10,15H,2,18H2,1H3,(H,19,20). The lowest BCUT2D eigenvalue weighted by molar-refractivity contribution is 0.0931. The van der Waals surface area contributed by atoms with Crippen molar-refractivity contribution in [2.24, 2.45) is 0 Å². The number of carbonyl (C=O) groups is 1. The normalized spacial score (nSPS) is 11.9. The molecule has 4 heteroatoms. The molecule has 0 radical (unpaired) electrons. The van der Waals surface area contributed by atoms with Crippen LogP contribution in [-0.4, -0.2) is 5.91 Å². The first-order valence-corrected chi connectivity index (χ1v) is 6.52. The molecule has 0 spiro atoms. The summed E-state index contributed by atoms with van der Waals surface area (Å²) < 4.78 is 13.7. The summed E-state index contributed by atoms with van der Waals surface area (Å²) in [4.78, 5) is 12.2. The van der Waals surface area contributed by atoms with Crippen LogP contribution in [0, 0.1) is 5.82 Å². The van der Waals surface area contributed by atoms with Crippen LogP contribution < -0.4 is 11.1 Å². The van der Waals surface area contributed by atoms with Gasteiger partial charge in [0, 0.05) is 5.69 Å². The van der Waals surface area contributed by atoms with Gasteiger partial charge in [0.25, 0.3) is 5.91 Å². The van der Waals surface area contributed by atoms with Gasteiger partial charge in [-0.3, -0.25) is 4.79 Å². The van der Waals surface area contributed by atoms with E-state index >= 15 is 0 Å². The topological polar surface area (TPSA) is 55.1 Å². The second-order valence-electron chi connectivity index (χ2n) is 4.58. The van der Waals surface area contributed by atoms with Crippen molar-refractivity contribution >= 4 is 11.6 Å². The number of halogens is 1. The number of benzene rings is 2. The van der Waals surface area contributed by atoms with Crippen LogP contribution in [0.5, 0.6) is 0 Å². The van der Waals surface area contributed by atoms with Crippen LogP contribution in [0.3, 0.4) is 0 Å². The Hall–Kier alpha value is -2.36. The molecule has 3 nitrogen and oxygen atoms in total. The number of hydrogen-bond acceptors (Lipinski definition) is 2. The van der Waals surface area contributed by atoms with E-state index in [0.717, 1.165) is 12.0 Å². The molecule has 0 fully saturated rings. The third-order valence-electron chi connectivity index (χ3n) is 3.15. The zero-order valence-corrected chi connectivity index (χ0v) is 11.3. The number of nitrogens with one attached hydrogen (secondary N) is 1. The van der Waals surface area contributed by atoms with E-state index in [1.165, 1.54) is 18.2 Å². The molecule has 3 N–H and O–H groups in total. The van der Waals surface area contributed by atoms with Gasteiger partial charge in [0.05, 0.1) is 11.6 Å². The molecule has 0 bridgehead atoms. The van der Waals surface area contributed by atoms with Gasteiger partial charge < -0.3 is 11.1 Å². The quantitative estimate of drug-likeness (QED) is 0.839. The Kier molecular flexibility index (Phi) is 4.35. The van der Waals surface area contributed by atoms with E-state index in [-0.39, 0.29) is 11.6 Å². The van der Waals surface area contributed by atoms with Gasteiger partial charge >= 0.3 is 0 Å². The van der Waals surface area contributed by atoms with E-state index in [9.17, 15) is 9.18 Å². The van der Waals surface area contributed by atoms with Gasteiger partial charge in [-0.2, -0.15) is 0 Å². The first kappa shape index (κ1) is 14.1. The summed E-state index contributed by atoms with van der Waals surface area (Å²) >= 11 is 0. The fourth-order valence-electron chi connectivity index (χ4n) is 2.06. The maximum atomic E-state index is 13.7. The van der Waals surface area contributed by atoms with Crippen molar-refractivity contribution in [1.82, 2.24) is 5.32 Å². The molecule has 20 heavy (non-hydrogen) atoms. The molecule has 1 atom stereocenters. The molecule has 0 aliphatic rings. The average molecular weight is 272 g/mol. The van der Waals surface area contributed by atoms with Crippen molar-refractivity contribution in [3.05, 3.63) is 65.5 Å². The molecule has 0 aromatic heterocycles. The molecule has 1 unspecified atom stereocenters. The minimum absolute atomic E-state index is 0.0284. The summed E-state index contributed by atoms with van der Waals surface area (Å²) in [6.07, 6.45) is 0.722. The Morgan fingerprint density at radius 3 is 2.60 bits per heavy atom. The highest BCUT2D eigenvalue weighted by molar-refractivity contribution is 5.95. The predicted octanol–water partition coefficient (Wildman–Crippen LogP) is 3.29. The number of carbonyl (C=O) groups excluding carboxylic acids is 1. The van der Waals surface area contributed by atoms with Crippen molar-refractivity contribution in [1.29, 1.82) is 0 Å². The van der Waals surface area contributed by atoms with Crippen molar-refractivity contribution in [2.75, 3.05) is 5.73 Å². The number of hydrogen-bond donors (Lipinski definition) is 2. The van der Waals surface area contributed by atoms with Gasteiger partial charge in [0.1, 0.15) is 5.82 Å². The first-order chi connectivity index (χ1) is 9.61. The van der Waals surface area contributed by atoms with Crippen LogP contribution in [-0.2, 0) is 0 Å². The lowest BCUT2D eigenvalue weighted by atomic mass is 10.0. The fourth-order valence-corrected chi connectivity index (χ4v) is 2.06. The Labute approximate surface area is 117 Å². The minimum atomic E-state index is -0.570. The van der Waals surface area contributed by atoms with Crippen LogP contribution in [0.1, 0.15) is 35.3 Å². The monoisotopic (exact) mass is 272 g/mol. The van der Waals surface area contributed by atoms with E-state index in [1.54, 1.807) is 0 Å². The largest absolute Gasteiger partial charge is 0.399 e. The summed E-state index contributed by atoms with van der Waals surface area (Å²) in [7, 11) is 0. The molecule has 1 amide bonds. The number of rotatable bonds is 4. The van der Waals surface area contributed by atoms with Crippen LogP contribution in [0.15, 0.2) is 48.5 Å². The lowest BCUT2D eigenvalue weighted by Crippen LogP contribution is -2.29. The van der Waals surface area contributed by atoms with Crippen molar-refractivity contribution in [3.63, 3.8) is 0 Å². The van der Waals surface area contributed by atoms with Gasteiger partial charge in [-0.1, -0.05) is 37.3 Å². The maximum absolute atomic E-state index is 13.7. The summed E-state index contributed by atoms with van der Waals surface area (Å²) in [5.74, 6) is -1.02. The van der Waals surface area contributed by atoms with E-state index in [2.05, 4.69) is 5.32 Å². The average Bonchev–Trinajstić information content (AvgIpc) is 2.48. The molecule has 0 saturated heterocycles. The zero-order valence-electron chi connectivity index (χ0n) is 11.3. The van der Waals surface area contributed by atoms with Crippen LogP contribution in [0.4, 0.5) is 10.1 Å². The first-order valence-electron chi connectivity index (χ1n) is 6.52. The van der Waals surface area contributed by atoms with Gasteiger partial charge in [0.2, 0.25) is 0 Å². The number of nitrogen functional groups attached to an aromatic ring is 1. The van der Waals surface area contributed by atoms with E-state index in [1.807, 2.05) is 37.3 Å². The third-order valence-corrected chi connectivity index (χ3v) is 3.15. The smallest absolute Gasteiger partial charge is 0.254 e. The fraction of sp³-hybridized carbons (Fsp3) is 0.188. The summed E-state index contributed by atoms with van der Waals surface area (Å²) in [5.41, 5.74) is 6.92. The van der Waals surface area contributed by atoms with Gasteiger partial charge in [0.15, 0.2) is 0 Å². The summed E-state index contributed by atoms with van der Waals surface area (Å²) in [5, 5.41) is 2.83. The second-order valence-corrected chi connectivity index (χ2v) is 4.58. The van der Waals surface area contributed by atoms with Crippen molar-refractivity contribution in [3.8, 4) is 0 Å². The van der Waals surface area contributed by atoms with Crippen LogP contribution in [0.25, 0.3) is 0 Å².